The molecule has 1 N–H and O–H groups in total. The molecule has 1 unspecified atom stereocenters. The topological polar surface area (TPSA) is 66.5 Å². The highest BCUT2D eigenvalue weighted by atomic mass is 19.1. The summed E-state index contributed by atoms with van der Waals surface area (Å²) in [6, 6.07) is 12.8. The zero-order valence-corrected chi connectivity index (χ0v) is 14.4. The van der Waals surface area contributed by atoms with Gasteiger partial charge in [-0.05, 0) is 37.1 Å². The van der Waals surface area contributed by atoms with Gasteiger partial charge in [0.25, 0.3) is 11.8 Å². The average Bonchev–Trinajstić information content (AvgIpc) is 2.86. The zero-order valence-electron chi connectivity index (χ0n) is 14.4. The number of carbonyl (C=O) groups excluding carboxylic acids is 3. The molecule has 6 heteroatoms. The lowest BCUT2D eigenvalue weighted by atomic mass is 10.1. The molecule has 3 rings (SSSR count). The first-order chi connectivity index (χ1) is 12.5. The highest BCUT2D eigenvalue weighted by Crippen LogP contribution is 2.22. The fourth-order valence-corrected chi connectivity index (χ4v) is 3.05. The number of rotatable bonds is 6. The van der Waals surface area contributed by atoms with E-state index in [0.717, 1.165) is 4.90 Å². The minimum absolute atomic E-state index is 0.00702. The van der Waals surface area contributed by atoms with Gasteiger partial charge < -0.3 is 5.32 Å². The fraction of sp³-hybridized carbons (Fsp3) is 0.250. The van der Waals surface area contributed by atoms with Crippen LogP contribution in [0.25, 0.3) is 0 Å². The number of nitrogens with zero attached hydrogens (tertiary/aromatic N) is 1. The molecule has 26 heavy (non-hydrogen) atoms. The van der Waals surface area contributed by atoms with Crippen molar-refractivity contribution in [3.05, 3.63) is 71.0 Å². The van der Waals surface area contributed by atoms with Crippen LogP contribution in [0.1, 0.15) is 39.6 Å². The largest absolute Gasteiger partial charge is 0.353 e. The Balaban J connectivity index is 1.53. The van der Waals surface area contributed by atoms with E-state index in [1.807, 2.05) is 0 Å². The van der Waals surface area contributed by atoms with Gasteiger partial charge in [0.1, 0.15) is 5.82 Å². The van der Waals surface area contributed by atoms with Crippen LogP contribution in [0.5, 0.6) is 0 Å². The van der Waals surface area contributed by atoms with Gasteiger partial charge in [0.15, 0.2) is 0 Å². The zero-order chi connectivity index (χ0) is 18.7. The molecule has 134 valence electrons. The first kappa shape index (κ1) is 17.8. The van der Waals surface area contributed by atoms with E-state index >= 15 is 0 Å². The van der Waals surface area contributed by atoms with Crippen LogP contribution in [-0.2, 0) is 11.2 Å². The summed E-state index contributed by atoms with van der Waals surface area (Å²) in [6.07, 6.45) is 0.374. The predicted octanol–water partition coefficient (Wildman–Crippen LogP) is 2.56. The SMILES string of the molecule is CC(Cc1ccccc1F)NC(=O)CCN1C(=O)c2ccccc2C1=O. The van der Waals surface area contributed by atoms with Crippen molar-refractivity contribution in [1.82, 2.24) is 10.2 Å². The molecule has 1 heterocycles. The minimum atomic E-state index is -0.377. The molecule has 0 bridgehead atoms. The maximum atomic E-state index is 13.7. The van der Waals surface area contributed by atoms with Crippen molar-refractivity contribution in [1.29, 1.82) is 0 Å². The molecule has 1 aliphatic heterocycles. The number of benzene rings is 2. The van der Waals surface area contributed by atoms with Crippen molar-refractivity contribution >= 4 is 17.7 Å². The van der Waals surface area contributed by atoms with E-state index < -0.39 is 0 Å². The van der Waals surface area contributed by atoms with Crippen molar-refractivity contribution in [2.24, 2.45) is 0 Å². The van der Waals surface area contributed by atoms with Crippen LogP contribution in [0, 0.1) is 5.82 Å². The summed E-state index contributed by atoms with van der Waals surface area (Å²) in [5.74, 6) is -1.35. The molecule has 0 aromatic heterocycles. The molecule has 2 aromatic carbocycles. The second-order valence-corrected chi connectivity index (χ2v) is 6.32. The third kappa shape index (κ3) is 3.64. The Hall–Kier alpha value is -3.02. The van der Waals surface area contributed by atoms with Crippen molar-refractivity contribution < 1.29 is 18.8 Å². The first-order valence-electron chi connectivity index (χ1n) is 8.45. The molecule has 2 aromatic rings. The van der Waals surface area contributed by atoms with Crippen molar-refractivity contribution in [3.8, 4) is 0 Å². The molecule has 0 radical (unpaired) electrons. The lowest BCUT2D eigenvalue weighted by molar-refractivity contribution is -0.121. The highest BCUT2D eigenvalue weighted by Gasteiger charge is 2.34. The lowest BCUT2D eigenvalue weighted by Gasteiger charge is -2.17. The lowest BCUT2D eigenvalue weighted by Crippen LogP contribution is -2.38. The van der Waals surface area contributed by atoms with Crippen LogP contribution in [0.2, 0.25) is 0 Å². The Kier molecular flexibility index (Phi) is 5.11. The van der Waals surface area contributed by atoms with Crippen LogP contribution in [-0.4, -0.2) is 35.2 Å². The van der Waals surface area contributed by atoms with Crippen molar-refractivity contribution in [2.45, 2.75) is 25.8 Å². The number of hydrogen-bond acceptors (Lipinski definition) is 3. The molecular weight excluding hydrogens is 335 g/mol. The van der Waals surface area contributed by atoms with Crippen LogP contribution in [0.3, 0.4) is 0 Å². The molecule has 3 amide bonds. The second-order valence-electron chi connectivity index (χ2n) is 6.32. The number of hydrogen-bond donors (Lipinski definition) is 1. The molecular formula is C20H19FN2O3. The Morgan fingerprint density at radius 1 is 1.04 bits per heavy atom. The summed E-state index contributed by atoms with van der Waals surface area (Å²) in [4.78, 5) is 37.7. The van der Waals surface area contributed by atoms with Gasteiger partial charge in [-0.2, -0.15) is 0 Å². The van der Waals surface area contributed by atoms with E-state index in [1.165, 1.54) is 6.07 Å². The quantitative estimate of drug-likeness (QED) is 0.811. The van der Waals surface area contributed by atoms with E-state index in [1.54, 1.807) is 49.4 Å². The maximum absolute atomic E-state index is 13.7. The number of fused-ring (bicyclic) bond motifs is 1. The molecule has 0 aliphatic carbocycles. The monoisotopic (exact) mass is 354 g/mol. The summed E-state index contributed by atoms with van der Waals surface area (Å²) < 4.78 is 13.7. The molecule has 1 atom stereocenters. The number of carbonyl (C=O) groups is 3. The van der Waals surface area contributed by atoms with Gasteiger partial charge in [0.05, 0.1) is 11.1 Å². The Labute approximate surface area is 150 Å². The third-order valence-corrected chi connectivity index (χ3v) is 4.33. The van der Waals surface area contributed by atoms with Gasteiger partial charge in [-0.3, -0.25) is 19.3 Å². The van der Waals surface area contributed by atoms with Gasteiger partial charge in [0, 0.05) is 19.0 Å². The van der Waals surface area contributed by atoms with Crippen LogP contribution >= 0.6 is 0 Å². The predicted molar refractivity (Wildman–Crippen MR) is 94.1 cm³/mol. The number of halogens is 1. The molecule has 0 saturated carbocycles. The van der Waals surface area contributed by atoms with Gasteiger partial charge in [-0.25, -0.2) is 4.39 Å². The number of amides is 3. The Morgan fingerprint density at radius 3 is 2.23 bits per heavy atom. The molecule has 0 spiro atoms. The van der Waals surface area contributed by atoms with Gasteiger partial charge in [-0.15, -0.1) is 0 Å². The van der Waals surface area contributed by atoms with Gasteiger partial charge >= 0.3 is 0 Å². The van der Waals surface area contributed by atoms with Crippen LogP contribution in [0.4, 0.5) is 4.39 Å². The highest BCUT2D eigenvalue weighted by molar-refractivity contribution is 6.21. The number of nitrogens with one attached hydrogen (secondary N) is 1. The summed E-state index contributed by atoms with van der Waals surface area (Å²) >= 11 is 0. The molecule has 1 aliphatic rings. The summed E-state index contributed by atoms with van der Waals surface area (Å²) in [6.45, 7) is 1.80. The van der Waals surface area contributed by atoms with Gasteiger partial charge in [-0.1, -0.05) is 30.3 Å². The fourth-order valence-electron chi connectivity index (χ4n) is 3.05. The molecule has 0 saturated heterocycles. The maximum Gasteiger partial charge on any atom is 0.261 e. The smallest absolute Gasteiger partial charge is 0.261 e. The first-order valence-corrected chi connectivity index (χ1v) is 8.45. The second kappa shape index (κ2) is 7.47. The number of imide groups is 1. The van der Waals surface area contributed by atoms with Gasteiger partial charge in [0.2, 0.25) is 5.91 Å². The molecule has 0 fully saturated rings. The van der Waals surface area contributed by atoms with Crippen LogP contribution in [0.15, 0.2) is 48.5 Å². The van der Waals surface area contributed by atoms with E-state index in [2.05, 4.69) is 5.32 Å². The summed E-state index contributed by atoms with van der Waals surface area (Å²) in [5.41, 5.74) is 1.26. The van der Waals surface area contributed by atoms with Crippen LogP contribution < -0.4 is 5.32 Å². The van der Waals surface area contributed by atoms with E-state index in [-0.39, 0.29) is 42.5 Å². The van der Waals surface area contributed by atoms with E-state index in [4.69, 9.17) is 0 Å². The standard InChI is InChI=1S/C20H19FN2O3/c1-13(12-14-6-2-5-9-17(14)21)22-18(24)10-11-23-19(25)15-7-3-4-8-16(15)20(23)26/h2-9,13H,10-12H2,1H3,(H,22,24). The van der Waals surface area contributed by atoms with Crippen molar-refractivity contribution in [3.63, 3.8) is 0 Å². The third-order valence-electron chi connectivity index (χ3n) is 4.33. The summed E-state index contributed by atoms with van der Waals surface area (Å²) in [5, 5.41) is 2.78. The summed E-state index contributed by atoms with van der Waals surface area (Å²) in [7, 11) is 0. The minimum Gasteiger partial charge on any atom is -0.353 e. The van der Waals surface area contributed by atoms with Crippen molar-refractivity contribution in [2.75, 3.05) is 6.54 Å². The van der Waals surface area contributed by atoms with E-state index in [9.17, 15) is 18.8 Å². The molecule has 5 nitrogen and oxygen atoms in total. The Morgan fingerprint density at radius 2 is 1.62 bits per heavy atom. The Bertz CT molecular complexity index is 831. The normalized spacial score (nSPS) is 14.3. The van der Waals surface area contributed by atoms with E-state index in [0.29, 0.717) is 23.1 Å². The average molecular weight is 354 g/mol.